The lowest BCUT2D eigenvalue weighted by molar-refractivity contribution is 0.0778. The zero-order valence-corrected chi connectivity index (χ0v) is 11.4. The van der Waals surface area contributed by atoms with E-state index < -0.39 is 0 Å². The number of nitrogens with one attached hydrogen (secondary N) is 1. The second kappa shape index (κ2) is 5.19. The van der Waals surface area contributed by atoms with E-state index in [0.717, 1.165) is 44.5 Å². The van der Waals surface area contributed by atoms with E-state index in [4.69, 9.17) is 0 Å². The Morgan fingerprint density at radius 3 is 2.68 bits per heavy atom. The Labute approximate surface area is 113 Å². The molecule has 0 radical (unpaired) electrons. The number of carbonyl (C=O) groups excluding carboxylic acids is 1. The van der Waals surface area contributed by atoms with Gasteiger partial charge in [0.05, 0.1) is 0 Å². The van der Waals surface area contributed by atoms with Gasteiger partial charge in [0.25, 0.3) is 5.91 Å². The Hall–Kier alpha value is -1.58. The Morgan fingerprint density at radius 1 is 1.37 bits per heavy atom. The zero-order chi connectivity index (χ0) is 13.2. The summed E-state index contributed by atoms with van der Waals surface area (Å²) in [5.41, 5.74) is 1.64. The van der Waals surface area contributed by atoms with Crippen LogP contribution in [0.5, 0.6) is 0 Å². The van der Waals surface area contributed by atoms with Crippen LogP contribution in [0.4, 0.5) is 0 Å². The first-order valence-electron chi connectivity index (χ1n) is 7.26. The quantitative estimate of drug-likeness (QED) is 0.847. The van der Waals surface area contributed by atoms with E-state index in [9.17, 15) is 4.79 Å². The summed E-state index contributed by atoms with van der Waals surface area (Å²) in [5, 5.41) is 7.13. The first-order valence-corrected chi connectivity index (χ1v) is 7.26. The van der Waals surface area contributed by atoms with Gasteiger partial charge in [0.1, 0.15) is 5.69 Å². The molecule has 4 heteroatoms. The number of aryl methyl sites for hydroxylation is 1. The summed E-state index contributed by atoms with van der Waals surface area (Å²) in [6.45, 7) is 3.91. The number of likely N-dealkylation sites (tertiary alicyclic amines) is 1. The van der Waals surface area contributed by atoms with Gasteiger partial charge in [-0.05, 0) is 37.2 Å². The lowest BCUT2D eigenvalue weighted by Crippen LogP contribution is -2.29. The van der Waals surface area contributed by atoms with Crippen molar-refractivity contribution < 1.29 is 4.79 Å². The van der Waals surface area contributed by atoms with Crippen molar-refractivity contribution in [1.82, 2.24) is 15.1 Å². The highest BCUT2D eigenvalue weighted by molar-refractivity contribution is 5.92. The van der Waals surface area contributed by atoms with Gasteiger partial charge < -0.3 is 4.90 Å². The Bertz CT molecular complexity index is 475. The van der Waals surface area contributed by atoms with Crippen LogP contribution in [0, 0.1) is 11.8 Å². The van der Waals surface area contributed by atoms with Crippen molar-refractivity contribution in [2.24, 2.45) is 11.8 Å². The topological polar surface area (TPSA) is 49.0 Å². The van der Waals surface area contributed by atoms with Gasteiger partial charge >= 0.3 is 0 Å². The molecule has 0 unspecified atom stereocenters. The normalized spacial score (nSPS) is 25.6. The fraction of sp³-hybridized carbons (Fsp3) is 0.600. The van der Waals surface area contributed by atoms with Crippen LogP contribution < -0.4 is 0 Å². The Kier molecular flexibility index (Phi) is 3.40. The van der Waals surface area contributed by atoms with Crippen molar-refractivity contribution >= 4 is 5.91 Å². The molecule has 2 aliphatic rings. The van der Waals surface area contributed by atoms with Crippen LogP contribution in [0.15, 0.2) is 18.2 Å². The molecular formula is C15H21N3O. The van der Waals surface area contributed by atoms with E-state index in [0.29, 0.717) is 17.5 Å². The van der Waals surface area contributed by atoms with E-state index in [1.807, 2.05) is 11.0 Å². The number of hydrogen-bond donors (Lipinski definition) is 1. The van der Waals surface area contributed by atoms with E-state index in [2.05, 4.69) is 29.3 Å². The molecule has 3 rings (SSSR count). The number of nitrogens with zero attached hydrogens (tertiary/aromatic N) is 2. The van der Waals surface area contributed by atoms with E-state index in [1.54, 1.807) is 0 Å². The minimum Gasteiger partial charge on any atom is -0.337 e. The summed E-state index contributed by atoms with van der Waals surface area (Å²) in [5.74, 6) is 1.40. The summed E-state index contributed by atoms with van der Waals surface area (Å²) in [6, 6.07) is 1.91. The van der Waals surface area contributed by atoms with Gasteiger partial charge in [0.2, 0.25) is 0 Å². The fourth-order valence-electron chi connectivity index (χ4n) is 3.21. The summed E-state index contributed by atoms with van der Waals surface area (Å²) in [4.78, 5) is 14.4. The number of H-pyrrole nitrogens is 1. The van der Waals surface area contributed by atoms with Gasteiger partial charge in [-0.25, -0.2) is 0 Å². The molecule has 19 heavy (non-hydrogen) atoms. The molecule has 4 nitrogen and oxygen atoms in total. The molecular weight excluding hydrogens is 238 g/mol. The van der Waals surface area contributed by atoms with Crippen LogP contribution >= 0.6 is 0 Å². The van der Waals surface area contributed by atoms with Crippen LogP contribution in [-0.2, 0) is 6.42 Å². The third kappa shape index (κ3) is 2.44. The number of rotatable bonds is 3. The molecule has 1 N–H and O–H groups in total. The van der Waals surface area contributed by atoms with Crippen LogP contribution in [0.3, 0.4) is 0 Å². The average Bonchev–Trinajstić information content (AvgIpc) is 3.04. The Balaban J connectivity index is 1.67. The van der Waals surface area contributed by atoms with E-state index in [-0.39, 0.29) is 5.91 Å². The maximum Gasteiger partial charge on any atom is 0.274 e. The Morgan fingerprint density at radius 2 is 2.05 bits per heavy atom. The lowest BCUT2D eigenvalue weighted by Gasteiger charge is -2.17. The summed E-state index contributed by atoms with van der Waals surface area (Å²) >= 11 is 0. The van der Waals surface area contributed by atoms with Crippen molar-refractivity contribution in [2.75, 3.05) is 13.1 Å². The highest BCUT2D eigenvalue weighted by atomic mass is 16.2. The number of aromatic amines is 1. The minimum absolute atomic E-state index is 0.0907. The summed E-state index contributed by atoms with van der Waals surface area (Å²) < 4.78 is 0. The molecule has 2 atom stereocenters. The number of fused-ring (bicyclic) bond motifs is 1. The summed E-state index contributed by atoms with van der Waals surface area (Å²) in [7, 11) is 0. The first-order chi connectivity index (χ1) is 9.28. The minimum atomic E-state index is 0.0907. The maximum atomic E-state index is 12.4. The molecule has 0 saturated carbocycles. The van der Waals surface area contributed by atoms with Gasteiger partial charge in [-0.1, -0.05) is 25.5 Å². The second-order valence-electron chi connectivity index (χ2n) is 5.70. The molecule has 1 amide bonds. The van der Waals surface area contributed by atoms with E-state index in [1.165, 1.54) is 0 Å². The number of allylic oxidation sites excluding steroid dienone is 2. The monoisotopic (exact) mass is 259 g/mol. The molecule has 1 fully saturated rings. The highest BCUT2D eigenvalue weighted by Gasteiger charge is 2.35. The smallest absolute Gasteiger partial charge is 0.274 e. The molecule has 0 aromatic carbocycles. The molecule has 0 bridgehead atoms. The number of carbonyl (C=O) groups is 1. The average molecular weight is 259 g/mol. The van der Waals surface area contributed by atoms with Crippen molar-refractivity contribution in [3.63, 3.8) is 0 Å². The van der Waals surface area contributed by atoms with Crippen molar-refractivity contribution in [3.8, 4) is 0 Å². The van der Waals surface area contributed by atoms with Gasteiger partial charge in [0.15, 0.2) is 0 Å². The largest absolute Gasteiger partial charge is 0.337 e. The molecule has 1 aromatic rings. The van der Waals surface area contributed by atoms with Crippen LogP contribution in [0.25, 0.3) is 0 Å². The molecule has 1 aliphatic heterocycles. The lowest BCUT2D eigenvalue weighted by atomic mass is 9.86. The van der Waals surface area contributed by atoms with Crippen LogP contribution in [0.2, 0.25) is 0 Å². The van der Waals surface area contributed by atoms with Crippen LogP contribution in [0.1, 0.15) is 42.4 Å². The third-order valence-electron chi connectivity index (χ3n) is 4.28. The maximum absolute atomic E-state index is 12.4. The standard InChI is InChI=1S/C15H21N3O/c1-2-5-13-8-14(17-16-13)15(19)18-9-11-6-3-4-7-12(11)10-18/h3-4,8,11-12H,2,5-7,9-10H2,1H3,(H,16,17)/t11-,12+. The summed E-state index contributed by atoms with van der Waals surface area (Å²) in [6.07, 6.45) is 8.77. The third-order valence-corrected chi connectivity index (χ3v) is 4.28. The number of hydrogen-bond acceptors (Lipinski definition) is 2. The molecule has 0 spiro atoms. The molecule has 102 valence electrons. The fourth-order valence-corrected chi connectivity index (χ4v) is 3.21. The predicted octanol–water partition coefficient (Wildman–Crippen LogP) is 2.40. The predicted molar refractivity (Wildman–Crippen MR) is 73.8 cm³/mol. The number of aromatic nitrogens is 2. The first kappa shape index (κ1) is 12.5. The van der Waals surface area contributed by atoms with Crippen molar-refractivity contribution in [3.05, 3.63) is 29.6 Å². The molecule has 1 saturated heterocycles. The van der Waals surface area contributed by atoms with Crippen molar-refractivity contribution in [1.29, 1.82) is 0 Å². The van der Waals surface area contributed by atoms with Gasteiger partial charge in [-0.15, -0.1) is 0 Å². The molecule has 2 heterocycles. The van der Waals surface area contributed by atoms with Crippen LogP contribution in [-0.4, -0.2) is 34.1 Å². The molecule has 1 aliphatic carbocycles. The van der Waals surface area contributed by atoms with E-state index >= 15 is 0 Å². The van der Waals surface area contributed by atoms with Gasteiger partial charge in [-0.2, -0.15) is 5.10 Å². The van der Waals surface area contributed by atoms with Gasteiger partial charge in [-0.3, -0.25) is 9.89 Å². The SMILES string of the molecule is CCCc1cc(C(=O)N2C[C@H]3CC=CC[C@H]3C2)n[nH]1. The zero-order valence-electron chi connectivity index (χ0n) is 11.4. The highest BCUT2D eigenvalue weighted by Crippen LogP contribution is 2.33. The number of amides is 1. The van der Waals surface area contributed by atoms with Crippen molar-refractivity contribution in [2.45, 2.75) is 32.6 Å². The second-order valence-corrected chi connectivity index (χ2v) is 5.70. The van der Waals surface area contributed by atoms with Gasteiger partial charge in [0, 0.05) is 18.8 Å². The molecule has 1 aromatic heterocycles.